The maximum atomic E-state index is 11.8. The van der Waals surface area contributed by atoms with Gasteiger partial charge in [-0.25, -0.2) is 14.5 Å². The molecule has 2 rings (SSSR count). The van der Waals surface area contributed by atoms with Crippen molar-refractivity contribution in [1.29, 1.82) is 0 Å². The van der Waals surface area contributed by atoms with Crippen LogP contribution in [0.5, 0.6) is 0 Å². The van der Waals surface area contributed by atoms with Crippen LogP contribution in [0.4, 0.5) is 17.1 Å². The second-order valence-electron chi connectivity index (χ2n) is 8.24. The van der Waals surface area contributed by atoms with Gasteiger partial charge in [0.05, 0.1) is 19.8 Å². The lowest BCUT2D eigenvalue weighted by molar-refractivity contribution is -0.145. The number of nitrogens with one attached hydrogen (secondary N) is 1. The van der Waals surface area contributed by atoms with Gasteiger partial charge in [-0.05, 0) is 35.3 Å². The quantitative estimate of drug-likeness (QED) is 0.118. The van der Waals surface area contributed by atoms with Crippen molar-refractivity contribution in [2.45, 2.75) is 53.6 Å². The fourth-order valence-electron chi connectivity index (χ4n) is 2.34. The SMILES string of the molecule is CC(C)[C@H](N)C(=O)O.CCI.[C-]#[N+]c1ccc(Br)cc1.[C-]#[N+]c1ccc(N[C@H](C(=O)OCC)C(C)C)cc1. The number of benzene rings is 2. The highest BCUT2D eigenvalue weighted by Gasteiger charge is 2.23. The zero-order chi connectivity index (χ0) is 29.7. The topological polar surface area (TPSA) is 110 Å². The first-order valence-corrected chi connectivity index (χ1v) is 14.3. The molecule has 0 aliphatic rings. The van der Waals surface area contributed by atoms with E-state index in [0.717, 1.165) is 10.2 Å². The van der Waals surface area contributed by atoms with Crippen LogP contribution in [0.3, 0.4) is 0 Å². The van der Waals surface area contributed by atoms with Crippen molar-refractivity contribution >= 4 is 67.5 Å². The van der Waals surface area contributed by atoms with Gasteiger partial charge in [0.15, 0.2) is 11.4 Å². The Kier molecular flexibility index (Phi) is 22.0. The summed E-state index contributed by atoms with van der Waals surface area (Å²) in [7, 11) is 0. The number of esters is 1. The summed E-state index contributed by atoms with van der Waals surface area (Å²) in [5.74, 6) is -1.03. The Morgan fingerprint density at radius 2 is 1.39 bits per heavy atom. The van der Waals surface area contributed by atoms with Gasteiger partial charge < -0.3 is 20.9 Å². The predicted octanol–water partition coefficient (Wildman–Crippen LogP) is 7.73. The highest BCUT2D eigenvalue weighted by molar-refractivity contribution is 14.1. The Morgan fingerprint density at radius 3 is 1.68 bits per heavy atom. The van der Waals surface area contributed by atoms with Crippen molar-refractivity contribution in [3.63, 3.8) is 0 Å². The van der Waals surface area contributed by atoms with Crippen LogP contribution < -0.4 is 11.1 Å². The number of nitrogens with zero attached hydrogens (tertiary/aromatic N) is 2. The van der Waals surface area contributed by atoms with Gasteiger partial charge >= 0.3 is 11.9 Å². The molecule has 0 saturated carbocycles. The number of ether oxygens (including phenoxy) is 1. The number of hydrogen-bond donors (Lipinski definition) is 3. The van der Waals surface area contributed by atoms with Crippen LogP contribution in [0.25, 0.3) is 9.69 Å². The molecule has 2 aromatic rings. The molecule has 0 spiro atoms. The number of nitrogens with two attached hydrogens (primary N) is 1. The zero-order valence-electron chi connectivity index (χ0n) is 22.7. The van der Waals surface area contributed by atoms with Crippen LogP contribution in [0.15, 0.2) is 53.0 Å². The van der Waals surface area contributed by atoms with Crippen molar-refractivity contribution in [2.24, 2.45) is 17.6 Å². The van der Waals surface area contributed by atoms with E-state index in [2.05, 4.69) is 60.5 Å². The van der Waals surface area contributed by atoms with Gasteiger partial charge in [-0.2, -0.15) is 0 Å². The minimum atomic E-state index is -0.931. The molecule has 4 N–H and O–H groups in total. The molecule has 0 aliphatic heterocycles. The van der Waals surface area contributed by atoms with E-state index in [1.54, 1.807) is 57.2 Å². The van der Waals surface area contributed by atoms with Crippen LogP contribution in [-0.2, 0) is 14.3 Å². The number of halogens is 2. The zero-order valence-corrected chi connectivity index (χ0v) is 26.5. The minimum absolute atomic E-state index is 0.0208. The lowest BCUT2D eigenvalue weighted by Gasteiger charge is -2.21. The number of aliphatic carboxylic acids is 1. The summed E-state index contributed by atoms with van der Waals surface area (Å²) in [6.45, 7) is 25.3. The average Bonchev–Trinajstić information content (AvgIpc) is 2.88. The van der Waals surface area contributed by atoms with Crippen molar-refractivity contribution in [1.82, 2.24) is 0 Å². The fraction of sp³-hybridized carbons (Fsp3) is 0.429. The van der Waals surface area contributed by atoms with Crippen LogP contribution in [0, 0.1) is 25.0 Å². The van der Waals surface area contributed by atoms with E-state index < -0.39 is 12.0 Å². The summed E-state index contributed by atoms with van der Waals surface area (Å²) >= 11 is 5.56. The van der Waals surface area contributed by atoms with Crippen molar-refractivity contribution in [3.8, 4) is 0 Å². The smallest absolute Gasteiger partial charge is 0.328 e. The van der Waals surface area contributed by atoms with Crippen molar-refractivity contribution in [3.05, 3.63) is 75.8 Å². The number of carboxylic acid groups (broad SMARTS) is 1. The average molecular weight is 701 g/mol. The predicted molar refractivity (Wildman–Crippen MR) is 167 cm³/mol. The Bertz CT molecular complexity index is 1020. The highest BCUT2D eigenvalue weighted by Crippen LogP contribution is 2.19. The molecule has 0 fully saturated rings. The second-order valence-corrected chi connectivity index (χ2v) is 10.7. The maximum absolute atomic E-state index is 11.8. The van der Waals surface area contributed by atoms with Crippen molar-refractivity contribution in [2.75, 3.05) is 16.4 Å². The molecule has 0 heterocycles. The standard InChI is InChI=1S/C14H18N2O2.C7H4BrN.C5H11NO2.C2H5I/c1-5-18-14(17)13(10(2)3)16-12-8-6-11(15-4)7-9-12;1-9-7-4-2-6(8)3-5-7;1-3(2)4(6)5(7)8;1-2-3/h6-10,13,16H,5H2,1-3H3;2-5H;3-4H,6H2,1-2H3,(H,7,8);2H2,1H3/t13-;;4-;/m0.0./s1. The van der Waals surface area contributed by atoms with Gasteiger partial charge in [0.2, 0.25) is 0 Å². The summed E-state index contributed by atoms with van der Waals surface area (Å²) < 4.78 is 7.26. The van der Waals surface area contributed by atoms with Gasteiger partial charge in [0, 0.05) is 10.2 Å². The lowest BCUT2D eigenvalue weighted by Crippen LogP contribution is -2.36. The largest absolute Gasteiger partial charge is 0.480 e. The van der Waals surface area contributed by atoms with Crippen LogP contribution in [0.1, 0.15) is 41.5 Å². The summed E-state index contributed by atoms with van der Waals surface area (Å²) in [4.78, 5) is 28.4. The third-order valence-electron chi connectivity index (χ3n) is 4.48. The molecule has 10 heteroatoms. The van der Waals surface area contributed by atoms with Gasteiger partial charge in [-0.15, -0.1) is 0 Å². The number of hydrogen-bond acceptors (Lipinski definition) is 5. The second kappa shape index (κ2) is 22.3. The first kappa shape index (κ1) is 37.5. The highest BCUT2D eigenvalue weighted by atomic mass is 127. The summed E-state index contributed by atoms with van der Waals surface area (Å²) in [6.07, 6.45) is 0. The van der Waals surface area contributed by atoms with E-state index in [1.807, 2.05) is 26.0 Å². The molecule has 0 aliphatic carbocycles. The Morgan fingerprint density at radius 1 is 0.974 bits per heavy atom. The van der Waals surface area contributed by atoms with Gasteiger partial charge in [0.1, 0.15) is 12.1 Å². The maximum Gasteiger partial charge on any atom is 0.328 e. The van der Waals surface area contributed by atoms with E-state index in [0.29, 0.717) is 18.0 Å². The number of carboxylic acids is 1. The monoisotopic (exact) mass is 700 g/mol. The molecule has 208 valence electrons. The Balaban J connectivity index is 0. The Labute approximate surface area is 249 Å². The van der Waals surface area contributed by atoms with Gasteiger partial charge in [0.25, 0.3) is 0 Å². The lowest BCUT2D eigenvalue weighted by atomic mass is 10.0. The summed E-state index contributed by atoms with van der Waals surface area (Å²) in [6, 6.07) is 13.2. The minimum Gasteiger partial charge on any atom is -0.480 e. The molecule has 0 aromatic heterocycles. The third kappa shape index (κ3) is 17.7. The van der Waals surface area contributed by atoms with E-state index in [4.69, 9.17) is 28.7 Å². The number of anilines is 1. The van der Waals surface area contributed by atoms with E-state index >= 15 is 0 Å². The molecule has 2 atom stereocenters. The number of alkyl halides is 1. The molecular formula is C28H38BrIN4O4. The van der Waals surface area contributed by atoms with Crippen LogP contribution in [0.2, 0.25) is 0 Å². The molecule has 0 amide bonds. The van der Waals surface area contributed by atoms with Gasteiger partial charge in [-0.1, -0.05) is 110 Å². The summed E-state index contributed by atoms with van der Waals surface area (Å²) in [5.41, 5.74) is 7.23. The van der Waals surface area contributed by atoms with Gasteiger partial charge in [-0.3, -0.25) is 4.79 Å². The Hall–Kier alpha value is -2.67. The first-order valence-electron chi connectivity index (χ1n) is 12.0. The molecule has 0 unspecified atom stereocenters. The summed E-state index contributed by atoms with van der Waals surface area (Å²) in [5, 5.41) is 11.4. The molecule has 8 nitrogen and oxygen atoms in total. The van der Waals surface area contributed by atoms with E-state index in [-0.39, 0.29) is 23.8 Å². The number of rotatable bonds is 7. The molecule has 0 radical (unpaired) electrons. The third-order valence-corrected chi connectivity index (χ3v) is 5.01. The number of carbonyl (C=O) groups is 2. The molecule has 38 heavy (non-hydrogen) atoms. The van der Waals surface area contributed by atoms with Crippen LogP contribution >= 0.6 is 38.5 Å². The fourth-order valence-corrected chi connectivity index (χ4v) is 2.61. The molecule has 0 bridgehead atoms. The molecule has 2 aromatic carbocycles. The van der Waals surface area contributed by atoms with Crippen LogP contribution in [-0.4, -0.2) is 40.2 Å². The normalized spacial score (nSPS) is 11.0. The first-order chi connectivity index (χ1) is 17.9. The van der Waals surface area contributed by atoms with E-state index in [1.165, 1.54) is 4.43 Å². The molecule has 0 saturated heterocycles. The van der Waals surface area contributed by atoms with E-state index in [9.17, 15) is 9.59 Å². The molecular weight excluding hydrogens is 663 g/mol. The number of carbonyl (C=O) groups excluding carboxylic acids is 1. The van der Waals surface area contributed by atoms with Crippen molar-refractivity contribution < 1.29 is 19.4 Å².